The molecule has 2 fully saturated rings. The largest absolute Gasteiger partial charge is 0.373 e. The zero-order chi connectivity index (χ0) is 15.5. The van der Waals surface area contributed by atoms with Crippen LogP contribution in [0.5, 0.6) is 0 Å². The van der Waals surface area contributed by atoms with Crippen molar-refractivity contribution in [2.75, 3.05) is 26.2 Å². The van der Waals surface area contributed by atoms with Gasteiger partial charge < -0.3 is 10.1 Å². The van der Waals surface area contributed by atoms with Gasteiger partial charge in [0.25, 0.3) is 5.91 Å². The van der Waals surface area contributed by atoms with E-state index in [2.05, 4.69) is 24.1 Å². The molecule has 0 spiro atoms. The molecule has 0 saturated carbocycles. The SMILES string of the molecule is CC(C)c1ccc(C(=O)NC[C@@H]2CN3CCC[C@@H]3CO2)cc1. The van der Waals surface area contributed by atoms with Gasteiger partial charge in [-0.3, -0.25) is 9.69 Å². The van der Waals surface area contributed by atoms with Crippen LogP contribution in [-0.2, 0) is 4.74 Å². The Kier molecular flexibility index (Phi) is 4.79. The quantitative estimate of drug-likeness (QED) is 0.928. The first kappa shape index (κ1) is 15.5. The average Bonchev–Trinajstić information content (AvgIpc) is 3.00. The molecule has 2 atom stereocenters. The lowest BCUT2D eigenvalue weighted by atomic mass is 10.0. The van der Waals surface area contributed by atoms with Crippen molar-refractivity contribution >= 4 is 5.91 Å². The van der Waals surface area contributed by atoms with Gasteiger partial charge in [-0.05, 0) is 43.0 Å². The van der Waals surface area contributed by atoms with E-state index < -0.39 is 0 Å². The van der Waals surface area contributed by atoms with Gasteiger partial charge in [0, 0.05) is 24.7 Å². The van der Waals surface area contributed by atoms with E-state index >= 15 is 0 Å². The maximum atomic E-state index is 12.2. The van der Waals surface area contributed by atoms with Gasteiger partial charge in [-0.2, -0.15) is 0 Å². The highest BCUT2D eigenvalue weighted by atomic mass is 16.5. The Balaban J connectivity index is 1.49. The lowest BCUT2D eigenvalue weighted by Crippen LogP contribution is -2.50. The van der Waals surface area contributed by atoms with E-state index in [1.54, 1.807) is 0 Å². The molecule has 0 bridgehead atoms. The normalized spacial score (nSPS) is 25.2. The summed E-state index contributed by atoms with van der Waals surface area (Å²) in [5, 5.41) is 3.01. The monoisotopic (exact) mass is 302 g/mol. The lowest BCUT2D eigenvalue weighted by Gasteiger charge is -2.35. The molecule has 3 rings (SSSR count). The zero-order valence-electron chi connectivity index (χ0n) is 13.5. The molecule has 1 aromatic carbocycles. The Morgan fingerprint density at radius 2 is 2.14 bits per heavy atom. The summed E-state index contributed by atoms with van der Waals surface area (Å²) in [6.45, 7) is 7.83. The summed E-state index contributed by atoms with van der Waals surface area (Å²) >= 11 is 0. The van der Waals surface area contributed by atoms with Crippen molar-refractivity contribution in [3.05, 3.63) is 35.4 Å². The van der Waals surface area contributed by atoms with Crippen LogP contribution in [0.25, 0.3) is 0 Å². The Morgan fingerprint density at radius 3 is 2.86 bits per heavy atom. The first-order valence-corrected chi connectivity index (χ1v) is 8.37. The molecule has 0 aliphatic carbocycles. The molecule has 2 aliphatic rings. The van der Waals surface area contributed by atoms with Gasteiger partial charge in [0.05, 0.1) is 12.7 Å². The molecule has 2 aliphatic heterocycles. The van der Waals surface area contributed by atoms with Gasteiger partial charge in [0.2, 0.25) is 0 Å². The molecule has 4 heteroatoms. The molecular weight excluding hydrogens is 276 g/mol. The van der Waals surface area contributed by atoms with Crippen molar-refractivity contribution in [2.45, 2.75) is 44.8 Å². The van der Waals surface area contributed by atoms with E-state index in [0.717, 1.165) is 18.7 Å². The van der Waals surface area contributed by atoms with E-state index in [0.29, 0.717) is 18.5 Å². The highest BCUT2D eigenvalue weighted by molar-refractivity contribution is 5.94. The summed E-state index contributed by atoms with van der Waals surface area (Å²) in [7, 11) is 0. The van der Waals surface area contributed by atoms with Crippen molar-refractivity contribution in [3.8, 4) is 0 Å². The third-order valence-corrected chi connectivity index (χ3v) is 4.79. The number of nitrogens with zero attached hydrogens (tertiary/aromatic N) is 1. The molecule has 4 nitrogen and oxygen atoms in total. The van der Waals surface area contributed by atoms with Crippen LogP contribution in [0, 0.1) is 0 Å². The second kappa shape index (κ2) is 6.80. The van der Waals surface area contributed by atoms with Crippen molar-refractivity contribution < 1.29 is 9.53 Å². The number of amides is 1. The predicted octanol–water partition coefficient (Wildman–Crippen LogP) is 2.40. The highest BCUT2D eigenvalue weighted by Crippen LogP contribution is 2.22. The van der Waals surface area contributed by atoms with Crippen LogP contribution < -0.4 is 5.32 Å². The van der Waals surface area contributed by atoms with Crippen molar-refractivity contribution in [3.63, 3.8) is 0 Å². The maximum Gasteiger partial charge on any atom is 0.251 e. The standard InChI is InChI=1S/C18H26N2O2/c1-13(2)14-5-7-15(8-6-14)18(21)19-10-17-11-20-9-3-4-16(20)12-22-17/h5-8,13,16-17H,3-4,9-12H2,1-2H3,(H,19,21)/t16-,17-/m1/s1. The third kappa shape index (κ3) is 3.50. The number of nitrogens with one attached hydrogen (secondary N) is 1. The van der Waals surface area contributed by atoms with Crippen LogP contribution in [0.1, 0.15) is 48.5 Å². The molecule has 1 amide bonds. The summed E-state index contributed by atoms with van der Waals surface area (Å²) < 4.78 is 5.87. The van der Waals surface area contributed by atoms with Gasteiger partial charge in [-0.15, -0.1) is 0 Å². The first-order valence-electron chi connectivity index (χ1n) is 8.37. The molecule has 120 valence electrons. The Labute approximate surface area is 132 Å². The molecule has 22 heavy (non-hydrogen) atoms. The van der Waals surface area contributed by atoms with Crippen LogP contribution >= 0.6 is 0 Å². The van der Waals surface area contributed by atoms with E-state index in [-0.39, 0.29) is 12.0 Å². The predicted molar refractivity (Wildman–Crippen MR) is 87.2 cm³/mol. The number of rotatable bonds is 4. The van der Waals surface area contributed by atoms with E-state index in [4.69, 9.17) is 4.74 Å². The molecule has 0 radical (unpaired) electrons. The Bertz CT molecular complexity index is 512. The van der Waals surface area contributed by atoms with Crippen molar-refractivity contribution in [1.82, 2.24) is 10.2 Å². The summed E-state index contributed by atoms with van der Waals surface area (Å²) in [6, 6.07) is 8.48. The van der Waals surface area contributed by atoms with Crippen molar-refractivity contribution in [1.29, 1.82) is 0 Å². The van der Waals surface area contributed by atoms with E-state index in [1.165, 1.54) is 24.9 Å². The Morgan fingerprint density at radius 1 is 1.36 bits per heavy atom. The number of carbonyl (C=O) groups excluding carboxylic acids is 1. The summed E-state index contributed by atoms with van der Waals surface area (Å²) in [5.74, 6) is 0.476. The van der Waals surface area contributed by atoms with Crippen LogP contribution in [0.15, 0.2) is 24.3 Å². The second-order valence-electron chi connectivity index (χ2n) is 6.73. The molecule has 2 saturated heterocycles. The summed E-state index contributed by atoms with van der Waals surface area (Å²) in [6.07, 6.45) is 2.64. The minimum absolute atomic E-state index is 0.0116. The number of ether oxygens (including phenoxy) is 1. The van der Waals surface area contributed by atoms with Gasteiger partial charge in [0.1, 0.15) is 0 Å². The van der Waals surface area contributed by atoms with Crippen LogP contribution in [0.3, 0.4) is 0 Å². The van der Waals surface area contributed by atoms with E-state index in [9.17, 15) is 4.79 Å². The van der Waals surface area contributed by atoms with Gasteiger partial charge in [-0.1, -0.05) is 26.0 Å². The molecule has 1 aromatic rings. The minimum Gasteiger partial charge on any atom is -0.373 e. The smallest absolute Gasteiger partial charge is 0.251 e. The lowest BCUT2D eigenvalue weighted by molar-refractivity contribution is -0.0461. The molecule has 1 N–H and O–H groups in total. The number of fused-ring (bicyclic) bond motifs is 1. The van der Waals surface area contributed by atoms with Crippen molar-refractivity contribution in [2.24, 2.45) is 0 Å². The van der Waals surface area contributed by atoms with Crippen LogP contribution in [0.4, 0.5) is 0 Å². The number of benzene rings is 1. The first-order chi connectivity index (χ1) is 10.6. The van der Waals surface area contributed by atoms with Gasteiger partial charge in [-0.25, -0.2) is 0 Å². The fourth-order valence-electron chi connectivity index (χ4n) is 3.34. The minimum atomic E-state index is -0.0116. The zero-order valence-corrected chi connectivity index (χ0v) is 13.5. The Hall–Kier alpha value is -1.39. The molecular formula is C18H26N2O2. The van der Waals surface area contributed by atoms with E-state index in [1.807, 2.05) is 24.3 Å². The van der Waals surface area contributed by atoms with Gasteiger partial charge >= 0.3 is 0 Å². The fraction of sp³-hybridized carbons (Fsp3) is 0.611. The molecule has 2 heterocycles. The number of hydrogen-bond acceptors (Lipinski definition) is 3. The topological polar surface area (TPSA) is 41.6 Å². The average molecular weight is 302 g/mol. The third-order valence-electron chi connectivity index (χ3n) is 4.79. The summed E-state index contributed by atoms with van der Waals surface area (Å²) in [4.78, 5) is 14.7. The van der Waals surface area contributed by atoms with Crippen LogP contribution in [-0.4, -0.2) is 49.2 Å². The second-order valence-corrected chi connectivity index (χ2v) is 6.73. The number of hydrogen-bond donors (Lipinski definition) is 1. The maximum absolute atomic E-state index is 12.2. The summed E-state index contributed by atoms with van der Waals surface area (Å²) in [5.41, 5.74) is 1.98. The fourth-order valence-corrected chi connectivity index (χ4v) is 3.34. The number of carbonyl (C=O) groups is 1. The molecule has 0 unspecified atom stereocenters. The van der Waals surface area contributed by atoms with Crippen LogP contribution in [0.2, 0.25) is 0 Å². The number of morpholine rings is 1. The highest BCUT2D eigenvalue weighted by Gasteiger charge is 2.32. The molecule has 0 aromatic heterocycles. The van der Waals surface area contributed by atoms with Gasteiger partial charge in [0.15, 0.2) is 0 Å².